The maximum atomic E-state index is 5.13. The van der Waals surface area contributed by atoms with Gasteiger partial charge in [0.15, 0.2) is 0 Å². The van der Waals surface area contributed by atoms with Crippen molar-refractivity contribution in [3.05, 3.63) is 20.3 Å². The summed E-state index contributed by atoms with van der Waals surface area (Å²) in [6.45, 7) is 0. The molecule has 0 amide bonds. The fourth-order valence-corrected chi connectivity index (χ4v) is 3.23. The van der Waals surface area contributed by atoms with Crippen molar-refractivity contribution in [2.75, 3.05) is 0 Å². The lowest BCUT2D eigenvalue weighted by Gasteiger charge is -1.86. The van der Waals surface area contributed by atoms with Crippen molar-refractivity contribution in [1.29, 1.82) is 0 Å². The van der Waals surface area contributed by atoms with Crippen LogP contribution in [0, 0.1) is 3.83 Å². The predicted octanol–water partition coefficient (Wildman–Crippen LogP) is 2.89. The highest BCUT2D eigenvalue weighted by Crippen LogP contribution is 2.35. The van der Waals surface area contributed by atoms with E-state index in [1.54, 1.807) is 11.3 Å². The van der Waals surface area contributed by atoms with Crippen LogP contribution < -0.4 is 0 Å². The topological polar surface area (TPSA) is 38.9 Å². The molecule has 1 aliphatic rings. The molecule has 3 nitrogen and oxygen atoms in total. The number of rotatable bonds is 1. The lowest BCUT2D eigenvalue weighted by Crippen LogP contribution is -1.74. The summed E-state index contributed by atoms with van der Waals surface area (Å²) in [7, 11) is 0. The molecule has 0 bridgehead atoms. The molecule has 0 spiro atoms. The van der Waals surface area contributed by atoms with E-state index >= 15 is 0 Å². The molecule has 0 fully saturated rings. The van der Waals surface area contributed by atoms with Gasteiger partial charge in [-0.05, 0) is 30.9 Å². The fourth-order valence-electron chi connectivity index (χ4n) is 1.74. The van der Waals surface area contributed by atoms with Gasteiger partial charge in [-0.1, -0.05) is 5.16 Å². The Kier molecular flexibility index (Phi) is 2.09. The van der Waals surface area contributed by atoms with Crippen LogP contribution in [0.3, 0.4) is 0 Å². The highest BCUT2D eigenvalue weighted by Gasteiger charge is 2.18. The van der Waals surface area contributed by atoms with Crippen molar-refractivity contribution in [2.24, 2.45) is 0 Å². The van der Waals surface area contributed by atoms with E-state index < -0.39 is 0 Å². The van der Waals surface area contributed by atoms with Crippen LogP contribution >= 0.6 is 33.9 Å². The third kappa shape index (κ3) is 1.38. The molecule has 3 rings (SSSR count). The zero-order chi connectivity index (χ0) is 9.54. The number of nitrogens with zero attached hydrogens (tertiary/aromatic N) is 2. The van der Waals surface area contributed by atoms with Gasteiger partial charge in [-0.3, -0.25) is 0 Å². The second-order valence-corrected chi connectivity index (χ2v) is 5.38. The Morgan fingerprint density at radius 2 is 2.36 bits per heavy atom. The molecule has 5 heteroatoms. The van der Waals surface area contributed by atoms with Crippen molar-refractivity contribution in [1.82, 2.24) is 10.1 Å². The van der Waals surface area contributed by atoms with E-state index in [4.69, 9.17) is 4.52 Å². The number of aromatic nitrogens is 2. The van der Waals surface area contributed by atoms with Gasteiger partial charge in [-0.15, -0.1) is 11.3 Å². The SMILES string of the molecule is Ic1noc(-c2cc3c(s2)CCC3)n1. The van der Waals surface area contributed by atoms with Gasteiger partial charge in [0.1, 0.15) is 0 Å². The average Bonchev–Trinajstić information content (AvgIpc) is 2.75. The molecule has 0 unspecified atom stereocenters. The molecule has 2 heterocycles. The molecule has 1 aliphatic carbocycles. The van der Waals surface area contributed by atoms with Crippen LogP contribution in [-0.2, 0) is 12.8 Å². The van der Waals surface area contributed by atoms with Crippen LogP contribution in [0.25, 0.3) is 10.8 Å². The van der Waals surface area contributed by atoms with Gasteiger partial charge in [0.2, 0.25) is 3.83 Å². The summed E-state index contributed by atoms with van der Waals surface area (Å²) >= 11 is 3.84. The summed E-state index contributed by atoms with van der Waals surface area (Å²) in [6.07, 6.45) is 3.71. The lowest BCUT2D eigenvalue weighted by atomic mass is 10.2. The van der Waals surface area contributed by atoms with Gasteiger partial charge in [-0.2, -0.15) is 4.98 Å². The van der Waals surface area contributed by atoms with E-state index in [-0.39, 0.29) is 0 Å². The third-order valence-corrected chi connectivity index (χ3v) is 4.02. The molecule has 2 aromatic rings. The summed E-state index contributed by atoms with van der Waals surface area (Å²) < 4.78 is 5.80. The number of aryl methyl sites for hydroxylation is 2. The first-order valence-electron chi connectivity index (χ1n) is 4.44. The van der Waals surface area contributed by atoms with Crippen LogP contribution in [-0.4, -0.2) is 10.1 Å². The minimum Gasteiger partial charge on any atom is -0.332 e. The molecule has 0 saturated heterocycles. The second-order valence-electron chi connectivity index (χ2n) is 3.28. The highest BCUT2D eigenvalue weighted by molar-refractivity contribution is 14.1. The standard InChI is InChI=1S/C9H7IN2OS/c10-9-11-8(13-12-9)7-4-5-2-1-3-6(5)14-7/h4H,1-3H2. The zero-order valence-corrected chi connectivity index (χ0v) is 10.3. The summed E-state index contributed by atoms with van der Waals surface area (Å²) in [4.78, 5) is 6.82. The van der Waals surface area contributed by atoms with Crippen molar-refractivity contribution in [2.45, 2.75) is 19.3 Å². The van der Waals surface area contributed by atoms with Gasteiger partial charge in [0.05, 0.1) is 4.88 Å². The van der Waals surface area contributed by atoms with E-state index in [0.717, 1.165) is 4.88 Å². The average molecular weight is 318 g/mol. The Bertz CT molecular complexity index is 455. The van der Waals surface area contributed by atoms with Gasteiger partial charge >= 0.3 is 0 Å². The van der Waals surface area contributed by atoms with E-state index in [1.807, 2.05) is 0 Å². The number of hydrogen-bond acceptors (Lipinski definition) is 4. The molecule has 0 aliphatic heterocycles. The summed E-state index contributed by atoms with van der Waals surface area (Å²) in [5.74, 6) is 0.661. The number of hydrogen-bond donors (Lipinski definition) is 0. The first-order valence-corrected chi connectivity index (χ1v) is 6.33. The zero-order valence-electron chi connectivity index (χ0n) is 7.29. The molecule has 0 aromatic carbocycles. The molecule has 2 aromatic heterocycles. The number of halogens is 1. The van der Waals surface area contributed by atoms with Crippen LogP contribution in [0.5, 0.6) is 0 Å². The Morgan fingerprint density at radius 1 is 1.43 bits per heavy atom. The van der Waals surface area contributed by atoms with Gasteiger partial charge < -0.3 is 4.52 Å². The quantitative estimate of drug-likeness (QED) is 0.759. The molecule has 0 atom stereocenters. The van der Waals surface area contributed by atoms with Crippen LogP contribution in [0.1, 0.15) is 16.9 Å². The molecular formula is C9H7IN2OS. The molecular weight excluding hydrogens is 311 g/mol. The summed E-state index contributed by atoms with van der Waals surface area (Å²) in [6, 6.07) is 2.19. The van der Waals surface area contributed by atoms with E-state index in [9.17, 15) is 0 Å². The second kappa shape index (κ2) is 3.30. The maximum absolute atomic E-state index is 5.13. The number of thiophene rings is 1. The first kappa shape index (κ1) is 8.84. The van der Waals surface area contributed by atoms with Crippen LogP contribution in [0.2, 0.25) is 0 Å². The normalized spacial score (nSPS) is 14.6. The molecule has 0 N–H and O–H groups in total. The molecule has 14 heavy (non-hydrogen) atoms. The van der Waals surface area contributed by atoms with Crippen LogP contribution in [0.4, 0.5) is 0 Å². The monoisotopic (exact) mass is 318 g/mol. The van der Waals surface area contributed by atoms with Gasteiger partial charge in [0.25, 0.3) is 5.89 Å². The Hall–Kier alpha value is -0.430. The van der Waals surface area contributed by atoms with Gasteiger partial charge in [0, 0.05) is 27.5 Å². The Morgan fingerprint density at radius 3 is 3.07 bits per heavy atom. The van der Waals surface area contributed by atoms with Crippen molar-refractivity contribution >= 4 is 33.9 Å². The van der Waals surface area contributed by atoms with E-state index in [0.29, 0.717) is 9.72 Å². The highest BCUT2D eigenvalue weighted by atomic mass is 127. The number of fused-ring (bicyclic) bond motifs is 1. The fraction of sp³-hybridized carbons (Fsp3) is 0.333. The smallest absolute Gasteiger partial charge is 0.268 e. The molecule has 0 radical (unpaired) electrons. The van der Waals surface area contributed by atoms with Crippen molar-refractivity contribution in [3.63, 3.8) is 0 Å². The lowest BCUT2D eigenvalue weighted by molar-refractivity contribution is 0.426. The Balaban J connectivity index is 2.05. The van der Waals surface area contributed by atoms with E-state index in [2.05, 4.69) is 38.8 Å². The first-order chi connectivity index (χ1) is 6.83. The summed E-state index contributed by atoms with van der Waals surface area (Å²) in [5, 5.41) is 3.78. The minimum atomic E-state index is 0.661. The Labute approximate surface area is 98.7 Å². The van der Waals surface area contributed by atoms with Crippen molar-refractivity contribution in [3.8, 4) is 10.8 Å². The van der Waals surface area contributed by atoms with E-state index in [1.165, 1.54) is 29.7 Å². The summed E-state index contributed by atoms with van der Waals surface area (Å²) in [5.41, 5.74) is 1.47. The van der Waals surface area contributed by atoms with Crippen LogP contribution in [0.15, 0.2) is 10.6 Å². The van der Waals surface area contributed by atoms with Crippen molar-refractivity contribution < 1.29 is 4.52 Å². The minimum absolute atomic E-state index is 0.661. The molecule has 72 valence electrons. The predicted molar refractivity (Wildman–Crippen MR) is 62.4 cm³/mol. The largest absolute Gasteiger partial charge is 0.332 e. The third-order valence-electron chi connectivity index (χ3n) is 2.36. The maximum Gasteiger partial charge on any atom is 0.268 e. The van der Waals surface area contributed by atoms with Gasteiger partial charge in [-0.25, -0.2) is 0 Å². The molecule has 0 saturated carbocycles.